The lowest BCUT2D eigenvalue weighted by molar-refractivity contribution is 0.262. The van der Waals surface area contributed by atoms with E-state index < -0.39 is 29.2 Å². The average molecular weight is 396 g/mol. The molecule has 0 fully saturated rings. The zero-order chi connectivity index (χ0) is 20.5. The SMILES string of the molecule is Cc1cccn2cc(-c3ccc(NC(=O)Nc4ccc(F)c(F)c4F)cc3)nc12. The number of rotatable bonds is 3. The summed E-state index contributed by atoms with van der Waals surface area (Å²) >= 11 is 0. The van der Waals surface area contributed by atoms with E-state index in [4.69, 9.17) is 0 Å². The van der Waals surface area contributed by atoms with Crippen LogP contribution in [0.25, 0.3) is 16.9 Å². The molecule has 5 nitrogen and oxygen atoms in total. The van der Waals surface area contributed by atoms with Gasteiger partial charge in [-0.15, -0.1) is 0 Å². The maximum atomic E-state index is 13.7. The summed E-state index contributed by atoms with van der Waals surface area (Å²) in [4.78, 5) is 16.6. The number of carbonyl (C=O) groups is 1. The maximum absolute atomic E-state index is 13.7. The van der Waals surface area contributed by atoms with Gasteiger partial charge in [-0.2, -0.15) is 0 Å². The van der Waals surface area contributed by atoms with Crippen LogP contribution in [0.5, 0.6) is 0 Å². The molecule has 0 saturated heterocycles. The van der Waals surface area contributed by atoms with Gasteiger partial charge in [-0.05, 0) is 42.8 Å². The van der Waals surface area contributed by atoms with Gasteiger partial charge in [0.1, 0.15) is 5.65 Å². The molecule has 146 valence electrons. The van der Waals surface area contributed by atoms with Gasteiger partial charge >= 0.3 is 6.03 Å². The standard InChI is InChI=1S/C21H15F3N4O/c1-12-3-2-10-28-11-17(26-20(12)28)13-4-6-14(7-5-13)25-21(29)27-16-9-8-15(22)18(23)19(16)24/h2-11H,1H3,(H2,25,27,29). The number of carbonyl (C=O) groups excluding carboxylic acids is 1. The molecular formula is C21H15F3N4O. The van der Waals surface area contributed by atoms with E-state index >= 15 is 0 Å². The summed E-state index contributed by atoms with van der Waals surface area (Å²) in [7, 11) is 0. The van der Waals surface area contributed by atoms with Crippen molar-refractivity contribution < 1.29 is 18.0 Å². The highest BCUT2D eigenvalue weighted by molar-refractivity contribution is 5.99. The molecule has 2 aromatic carbocycles. The Labute approximate surface area is 163 Å². The van der Waals surface area contributed by atoms with E-state index in [1.165, 1.54) is 0 Å². The molecule has 8 heteroatoms. The van der Waals surface area contributed by atoms with Crippen LogP contribution in [0, 0.1) is 24.4 Å². The summed E-state index contributed by atoms with van der Waals surface area (Å²) in [5, 5.41) is 4.66. The van der Waals surface area contributed by atoms with E-state index in [0.29, 0.717) is 5.69 Å². The van der Waals surface area contributed by atoms with Gasteiger partial charge in [0.25, 0.3) is 0 Å². The van der Waals surface area contributed by atoms with E-state index in [-0.39, 0.29) is 0 Å². The van der Waals surface area contributed by atoms with Crippen LogP contribution in [-0.4, -0.2) is 15.4 Å². The summed E-state index contributed by atoms with van der Waals surface area (Å²) in [5.74, 6) is -4.43. The van der Waals surface area contributed by atoms with Gasteiger partial charge in [0, 0.05) is 23.6 Å². The Morgan fingerprint density at radius 3 is 2.45 bits per heavy atom. The third kappa shape index (κ3) is 3.64. The van der Waals surface area contributed by atoms with Crippen molar-refractivity contribution in [3.8, 4) is 11.3 Å². The van der Waals surface area contributed by atoms with Crippen LogP contribution in [0.1, 0.15) is 5.56 Å². The Bertz CT molecular complexity index is 1220. The van der Waals surface area contributed by atoms with Crippen LogP contribution in [0.3, 0.4) is 0 Å². The first-order valence-corrected chi connectivity index (χ1v) is 8.68. The number of benzene rings is 2. The lowest BCUT2D eigenvalue weighted by Gasteiger charge is -2.09. The summed E-state index contributed by atoms with van der Waals surface area (Å²) in [6.07, 6.45) is 3.82. The molecule has 2 N–H and O–H groups in total. The fraction of sp³-hybridized carbons (Fsp3) is 0.0476. The number of urea groups is 1. The van der Waals surface area contributed by atoms with Crippen molar-refractivity contribution in [2.24, 2.45) is 0 Å². The highest BCUT2D eigenvalue weighted by Crippen LogP contribution is 2.23. The topological polar surface area (TPSA) is 58.4 Å². The third-order valence-electron chi connectivity index (χ3n) is 4.40. The second-order valence-corrected chi connectivity index (χ2v) is 6.43. The summed E-state index contributed by atoms with van der Waals surface area (Å²) in [6.45, 7) is 1.98. The number of halogens is 3. The van der Waals surface area contributed by atoms with E-state index in [1.807, 2.05) is 35.9 Å². The molecule has 4 rings (SSSR count). The lowest BCUT2D eigenvalue weighted by atomic mass is 10.1. The first kappa shape index (κ1) is 18.5. The first-order chi connectivity index (χ1) is 13.9. The molecule has 0 radical (unpaired) electrons. The van der Waals surface area contributed by atoms with Crippen molar-refractivity contribution >= 4 is 23.1 Å². The van der Waals surface area contributed by atoms with Crippen LogP contribution in [0.15, 0.2) is 60.9 Å². The molecule has 0 unspecified atom stereocenters. The largest absolute Gasteiger partial charge is 0.323 e. The van der Waals surface area contributed by atoms with Crippen LogP contribution >= 0.6 is 0 Å². The normalized spacial score (nSPS) is 10.9. The third-order valence-corrected chi connectivity index (χ3v) is 4.40. The Morgan fingerprint density at radius 1 is 0.966 bits per heavy atom. The van der Waals surface area contributed by atoms with Crippen LogP contribution in [-0.2, 0) is 0 Å². The molecule has 4 aromatic rings. The fourth-order valence-corrected chi connectivity index (χ4v) is 2.92. The number of anilines is 2. The molecule has 0 atom stereocenters. The number of hydrogen-bond acceptors (Lipinski definition) is 2. The Kier molecular flexibility index (Phi) is 4.67. The predicted molar refractivity (Wildman–Crippen MR) is 104 cm³/mol. The second-order valence-electron chi connectivity index (χ2n) is 6.43. The Balaban J connectivity index is 1.48. The number of hydrogen-bond donors (Lipinski definition) is 2. The number of amides is 2. The zero-order valence-corrected chi connectivity index (χ0v) is 15.2. The lowest BCUT2D eigenvalue weighted by Crippen LogP contribution is -2.20. The Morgan fingerprint density at radius 2 is 1.72 bits per heavy atom. The number of fused-ring (bicyclic) bond motifs is 1. The Hall–Kier alpha value is -3.81. The summed E-state index contributed by atoms with van der Waals surface area (Å²) < 4.78 is 41.8. The minimum Gasteiger partial charge on any atom is -0.308 e. The van der Waals surface area contributed by atoms with Gasteiger partial charge in [0.2, 0.25) is 0 Å². The molecular weight excluding hydrogens is 381 g/mol. The van der Waals surface area contributed by atoms with Crippen molar-refractivity contribution in [2.45, 2.75) is 6.92 Å². The summed E-state index contributed by atoms with van der Waals surface area (Å²) in [6, 6.07) is 11.7. The molecule has 0 bridgehead atoms. The van der Waals surface area contributed by atoms with Gasteiger partial charge in [0.05, 0.1) is 11.4 Å². The van der Waals surface area contributed by atoms with Gasteiger partial charge < -0.3 is 15.0 Å². The minimum atomic E-state index is -1.64. The van der Waals surface area contributed by atoms with Crippen LogP contribution in [0.4, 0.5) is 29.3 Å². The fourth-order valence-electron chi connectivity index (χ4n) is 2.92. The van der Waals surface area contributed by atoms with E-state index in [0.717, 1.165) is 34.6 Å². The number of nitrogens with zero attached hydrogens (tertiary/aromatic N) is 2. The quantitative estimate of drug-likeness (QED) is 0.458. The van der Waals surface area contributed by atoms with E-state index in [2.05, 4.69) is 15.6 Å². The number of nitrogens with one attached hydrogen (secondary N) is 2. The average Bonchev–Trinajstić information content (AvgIpc) is 3.15. The molecule has 29 heavy (non-hydrogen) atoms. The van der Waals surface area contributed by atoms with Crippen molar-refractivity contribution in [3.05, 3.63) is 83.9 Å². The molecule has 2 heterocycles. The highest BCUT2D eigenvalue weighted by Gasteiger charge is 2.15. The molecule has 0 aliphatic rings. The van der Waals surface area contributed by atoms with Gasteiger partial charge in [-0.25, -0.2) is 22.9 Å². The number of pyridine rings is 1. The van der Waals surface area contributed by atoms with Gasteiger partial charge in [0.15, 0.2) is 17.5 Å². The first-order valence-electron chi connectivity index (χ1n) is 8.68. The molecule has 0 spiro atoms. The minimum absolute atomic E-state index is 0.439. The monoisotopic (exact) mass is 396 g/mol. The van der Waals surface area contributed by atoms with Gasteiger partial charge in [-0.3, -0.25) is 0 Å². The van der Waals surface area contributed by atoms with E-state index in [1.54, 1.807) is 24.3 Å². The van der Waals surface area contributed by atoms with Gasteiger partial charge in [-0.1, -0.05) is 18.2 Å². The number of aromatic nitrogens is 2. The second kappa shape index (κ2) is 7.31. The van der Waals surface area contributed by atoms with Crippen molar-refractivity contribution in [2.75, 3.05) is 10.6 Å². The highest BCUT2D eigenvalue weighted by atomic mass is 19.2. The van der Waals surface area contributed by atoms with Crippen LogP contribution < -0.4 is 10.6 Å². The van der Waals surface area contributed by atoms with Crippen molar-refractivity contribution in [1.29, 1.82) is 0 Å². The zero-order valence-electron chi connectivity index (χ0n) is 15.2. The molecule has 2 aromatic heterocycles. The number of imidazole rings is 1. The predicted octanol–water partition coefficient (Wildman–Crippen LogP) is 5.37. The molecule has 2 amide bonds. The maximum Gasteiger partial charge on any atom is 0.323 e. The molecule has 0 saturated carbocycles. The smallest absolute Gasteiger partial charge is 0.308 e. The van der Waals surface area contributed by atoms with Crippen LogP contribution in [0.2, 0.25) is 0 Å². The summed E-state index contributed by atoms with van der Waals surface area (Å²) in [5.41, 5.74) is 3.52. The van der Waals surface area contributed by atoms with Crippen molar-refractivity contribution in [1.82, 2.24) is 9.38 Å². The van der Waals surface area contributed by atoms with Crippen molar-refractivity contribution in [3.63, 3.8) is 0 Å². The molecule has 0 aliphatic carbocycles. The van der Waals surface area contributed by atoms with E-state index in [9.17, 15) is 18.0 Å². The number of aryl methyl sites for hydroxylation is 1. The molecule has 0 aliphatic heterocycles.